The van der Waals surface area contributed by atoms with Crippen molar-refractivity contribution in [2.45, 2.75) is 25.6 Å². The highest BCUT2D eigenvalue weighted by Gasteiger charge is 2.31. The van der Waals surface area contributed by atoms with Gasteiger partial charge in [-0.05, 0) is 25.1 Å². The third-order valence-corrected chi connectivity index (χ3v) is 6.33. The van der Waals surface area contributed by atoms with E-state index in [1.165, 1.54) is 12.1 Å². The molecule has 1 amide bonds. The van der Waals surface area contributed by atoms with Crippen LogP contribution in [-0.2, 0) is 17.4 Å². The first kappa shape index (κ1) is 23.0. The highest BCUT2D eigenvalue weighted by molar-refractivity contribution is 5.87. The van der Waals surface area contributed by atoms with E-state index in [-0.39, 0.29) is 29.8 Å². The standard InChI is InChI=1S/C24H23F3N6O2/c1-15(23-28-22(31-35-23)16-5-4-6-17(13-16)24(25,26)27)32-9-11-33(12-10-32)21(34)14-20-18-7-2-3-8-19(18)29-30-20/h2-8,13,15H,9-12,14H2,1H3,(H,29,30). The lowest BCUT2D eigenvalue weighted by Gasteiger charge is -2.36. The number of amides is 1. The minimum absolute atomic E-state index is 0.0244. The van der Waals surface area contributed by atoms with E-state index < -0.39 is 11.7 Å². The van der Waals surface area contributed by atoms with E-state index in [0.717, 1.165) is 28.7 Å². The lowest BCUT2D eigenvalue weighted by atomic mass is 10.1. The molecule has 1 aliphatic rings. The van der Waals surface area contributed by atoms with Gasteiger partial charge >= 0.3 is 6.18 Å². The molecule has 4 aromatic rings. The Morgan fingerprint density at radius 1 is 1.11 bits per heavy atom. The molecule has 2 aromatic carbocycles. The zero-order chi connectivity index (χ0) is 24.6. The van der Waals surface area contributed by atoms with Gasteiger partial charge in [-0.3, -0.25) is 14.8 Å². The first-order valence-corrected chi connectivity index (χ1v) is 11.2. The summed E-state index contributed by atoms with van der Waals surface area (Å²) in [7, 11) is 0. The number of alkyl halides is 3. The Hall–Kier alpha value is -3.73. The fourth-order valence-corrected chi connectivity index (χ4v) is 4.28. The Morgan fingerprint density at radius 3 is 2.66 bits per heavy atom. The molecule has 8 nitrogen and oxygen atoms in total. The Morgan fingerprint density at radius 2 is 1.89 bits per heavy atom. The van der Waals surface area contributed by atoms with Crippen molar-refractivity contribution >= 4 is 16.8 Å². The van der Waals surface area contributed by atoms with Crippen molar-refractivity contribution in [1.29, 1.82) is 0 Å². The molecular weight excluding hydrogens is 461 g/mol. The molecule has 3 heterocycles. The Labute approximate surface area is 198 Å². The summed E-state index contributed by atoms with van der Waals surface area (Å²) in [5.74, 6) is 0.455. The first-order valence-electron chi connectivity index (χ1n) is 11.2. The number of hydrogen-bond acceptors (Lipinski definition) is 6. The van der Waals surface area contributed by atoms with Gasteiger partial charge in [0.05, 0.1) is 29.2 Å². The quantitative estimate of drug-likeness (QED) is 0.459. The second-order valence-corrected chi connectivity index (χ2v) is 8.52. The number of benzene rings is 2. The van der Waals surface area contributed by atoms with E-state index in [1.54, 1.807) is 0 Å². The summed E-state index contributed by atoms with van der Waals surface area (Å²) < 4.78 is 44.4. The molecule has 0 saturated carbocycles. The van der Waals surface area contributed by atoms with Gasteiger partial charge in [-0.2, -0.15) is 23.3 Å². The van der Waals surface area contributed by atoms with E-state index in [4.69, 9.17) is 4.52 Å². The topological polar surface area (TPSA) is 91.2 Å². The number of halogens is 3. The van der Waals surface area contributed by atoms with Gasteiger partial charge in [0.1, 0.15) is 0 Å². The van der Waals surface area contributed by atoms with Crippen LogP contribution in [0.15, 0.2) is 53.1 Å². The fraction of sp³-hybridized carbons (Fsp3) is 0.333. The number of fused-ring (bicyclic) bond motifs is 1. The van der Waals surface area contributed by atoms with Crippen molar-refractivity contribution in [2.75, 3.05) is 26.2 Å². The molecule has 1 unspecified atom stereocenters. The van der Waals surface area contributed by atoms with Crippen molar-refractivity contribution in [3.63, 3.8) is 0 Å². The van der Waals surface area contributed by atoms with Gasteiger partial charge in [-0.25, -0.2) is 0 Å². The molecule has 1 N–H and O–H groups in total. The third kappa shape index (κ3) is 4.76. The highest BCUT2D eigenvalue weighted by atomic mass is 19.4. The second-order valence-electron chi connectivity index (χ2n) is 8.52. The number of H-pyrrole nitrogens is 1. The van der Waals surface area contributed by atoms with E-state index in [2.05, 4.69) is 25.2 Å². The number of nitrogens with zero attached hydrogens (tertiary/aromatic N) is 5. The summed E-state index contributed by atoms with van der Waals surface area (Å²) >= 11 is 0. The van der Waals surface area contributed by atoms with E-state index >= 15 is 0 Å². The molecule has 0 radical (unpaired) electrons. The Bertz CT molecular complexity index is 1340. The summed E-state index contributed by atoms with van der Waals surface area (Å²) in [4.78, 5) is 21.1. The SMILES string of the molecule is CC(c1nc(-c2cccc(C(F)(F)F)c2)no1)N1CCN(C(=O)Cc2[nH]nc3ccccc23)CC1. The van der Waals surface area contributed by atoms with Crippen LogP contribution < -0.4 is 0 Å². The average molecular weight is 484 g/mol. The van der Waals surface area contributed by atoms with Crippen LogP contribution in [0.4, 0.5) is 13.2 Å². The lowest BCUT2D eigenvalue weighted by molar-refractivity contribution is -0.137. The molecule has 1 aliphatic heterocycles. The zero-order valence-electron chi connectivity index (χ0n) is 18.9. The van der Waals surface area contributed by atoms with Gasteiger partial charge in [0.15, 0.2) is 0 Å². The molecule has 1 atom stereocenters. The molecular formula is C24H23F3N6O2. The van der Waals surface area contributed by atoms with Gasteiger partial charge in [0, 0.05) is 37.1 Å². The average Bonchev–Trinajstić information content (AvgIpc) is 3.51. The molecule has 0 bridgehead atoms. The number of nitrogens with one attached hydrogen (secondary N) is 1. The van der Waals surface area contributed by atoms with Gasteiger partial charge in [0.25, 0.3) is 0 Å². The molecule has 0 aliphatic carbocycles. The molecule has 2 aromatic heterocycles. The number of aromatic amines is 1. The van der Waals surface area contributed by atoms with Crippen LogP contribution in [0.2, 0.25) is 0 Å². The van der Waals surface area contributed by atoms with E-state index in [0.29, 0.717) is 32.1 Å². The number of carbonyl (C=O) groups is 1. The molecule has 182 valence electrons. The predicted molar refractivity (Wildman–Crippen MR) is 121 cm³/mol. The Kier molecular flexibility index (Phi) is 6.01. The fourth-order valence-electron chi connectivity index (χ4n) is 4.28. The highest BCUT2D eigenvalue weighted by Crippen LogP contribution is 2.32. The van der Waals surface area contributed by atoms with Crippen molar-refractivity contribution in [1.82, 2.24) is 30.1 Å². The largest absolute Gasteiger partial charge is 0.416 e. The maximum atomic E-state index is 13.0. The summed E-state index contributed by atoms with van der Waals surface area (Å²) in [5, 5.41) is 12.0. The molecule has 5 rings (SSSR count). The number of carbonyl (C=O) groups excluding carboxylic acids is 1. The first-order chi connectivity index (χ1) is 16.8. The van der Waals surface area contributed by atoms with Gasteiger partial charge < -0.3 is 9.42 Å². The third-order valence-electron chi connectivity index (χ3n) is 6.33. The Balaban J connectivity index is 1.20. The number of aromatic nitrogens is 4. The van der Waals surface area contributed by atoms with Crippen molar-refractivity contribution < 1.29 is 22.5 Å². The summed E-state index contributed by atoms with van der Waals surface area (Å²) in [6.07, 6.45) is -4.20. The van der Waals surface area contributed by atoms with Crippen LogP contribution in [0, 0.1) is 0 Å². The minimum Gasteiger partial charge on any atom is -0.340 e. The molecule has 11 heteroatoms. The molecule has 1 fully saturated rings. The summed E-state index contributed by atoms with van der Waals surface area (Å²) in [6.45, 7) is 4.21. The van der Waals surface area contributed by atoms with Crippen LogP contribution in [0.25, 0.3) is 22.3 Å². The monoisotopic (exact) mass is 484 g/mol. The number of para-hydroxylation sites is 1. The van der Waals surface area contributed by atoms with Crippen molar-refractivity contribution in [3.05, 3.63) is 65.7 Å². The second kappa shape index (κ2) is 9.14. The molecule has 35 heavy (non-hydrogen) atoms. The maximum absolute atomic E-state index is 13.0. The zero-order valence-corrected chi connectivity index (χ0v) is 18.9. The predicted octanol–water partition coefficient (Wildman–Crippen LogP) is 4.08. The van der Waals surface area contributed by atoms with Crippen LogP contribution in [-0.4, -0.2) is 62.2 Å². The summed E-state index contributed by atoms with van der Waals surface area (Å²) in [6, 6.07) is 12.3. The maximum Gasteiger partial charge on any atom is 0.416 e. The van der Waals surface area contributed by atoms with E-state index in [1.807, 2.05) is 36.1 Å². The normalized spacial score (nSPS) is 16.1. The van der Waals surface area contributed by atoms with E-state index in [9.17, 15) is 18.0 Å². The van der Waals surface area contributed by atoms with Crippen molar-refractivity contribution in [3.8, 4) is 11.4 Å². The molecule has 0 spiro atoms. The number of piperazine rings is 1. The van der Waals surface area contributed by atoms with Gasteiger partial charge in [-0.15, -0.1) is 0 Å². The van der Waals surface area contributed by atoms with Gasteiger partial charge in [0.2, 0.25) is 17.6 Å². The molecule has 1 saturated heterocycles. The smallest absolute Gasteiger partial charge is 0.340 e. The minimum atomic E-state index is -4.45. The van der Waals surface area contributed by atoms with Crippen LogP contribution in [0.5, 0.6) is 0 Å². The lowest BCUT2D eigenvalue weighted by Crippen LogP contribution is -2.49. The van der Waals surface area contributed by atoms with Crippen molar-refractivity contribution in [2.24, 2.45) is 0 Å². The van der Waals surface area contributed by atoms with Gasteiger partial charge in [-0.1, -0.05) is 35.5 Å². The number of hydrogen-bond donors (Lipinski definition) is 1. The van der Waals surface area contributed by atoms with Crippen LogP contribution >= 0.6 is 0 Å². The summed E-state index contributed by atoms with van der Waals surface area (Å²) in [5.41, 5.74) is 1.11. The van der Waals surface area contributed by atoms with Crippen LogP contribution in [0.1, 0.15) is 30.1 Å². The van der Waals surface area contributed by atoms with Crippen LogP contribution in [0.3, 0.4) is 0 Å². The number of rotatable bonds is 5.